The van der Waals surface area contributed by atoms with Gasteiger partial charge in [-0.3, -0.25) is 14.5 Å². The molecule has 2 heterocycles. The first-order valence-corrected chi connectivity index (χ1v) is 8.69. The van der Waals surface area contributed by atoms with E-state index in [0.717, 1.165) is 16.7 Å². The molecule has 8 nitrogen and oxygen atoms in total. The highest BCUT2D eigenvalue weighted by molar-refractivity contribution is 8.18. The van der Waals surface area contributed by atoms with E-state index in [1.54, 1.807) is 19.1 Å². The Balaban J connectivity index is 1.90. The fourth-order valence-corrected chi connectivity index (χ4v) is 3.45. The molecule has 0 radical (unpaired) electrons. The average Bonchev–Trinajstić information content (AvgIpc) is 3.17. The molecule has 2 aliphatic heterocycles. The van der Waals surface area contributed by atoms with Crippen molar-refractivity contribution in [1.82, 2.24) is 4.90 Å². The summed E-state index contributed by atoms with van der Waals surface area (Å²) in [5.74, 6) is 0.357. The number of benzene rings is 1. The van der Waals surface area contributed by atoms with Gasteiger partial charge in [0.25, 0.3) is 11.1 Å². The summed E-state index contributed by atoms with van der Waals surface area (Å²) in [5, 5.41) is -0.526. The third kappa shape index (κ3) is 3.22. The summed E-state index contributed by atoms with van der Waals surface area (Å²) in [4.78, 5) is 37.8. The van der Waals surface area contributed by atoms with Gasteiger partial charge in [-0.15, -0.1) is 0 Å². The molecule has 0 saturated carbocycles. The number of rotatable bonds is 5. The molecular weight excluding hydrogens is 362 g/mol. The molecule has 0 N–H and O–H groups in total. The van der Waals surface area contributed by atoms with Crippen LogP contribution in [0.15, 0.2) is 17.0 Å². The number of nitrogens with zero attached hydrogens (tertiary/aromatic N) is 1. The monoisotopic (exact) mass is 379 g/mol. The highest BCUT2D eigenvalue weighted by Gasteiger charge is 2.41. The molecule has 0 aromatic heterocycles. The second-order valence-electron chi connectivity index (χ2n) is 5.43. The van der Waals surface area contributed by atoms with E-state index < -0.39 is 23.2 Å². The Morgan fingerprint density at radius 2 is 2.04 bits per heavy atom. The van der Waals surface area contributed by atoms with E-state index in [-0.39, 0.29) is 18.3 Å². The van der Waals surface area contributed by atoms with Gasteiger partial charge in [0.15, 0.2) is 11.5 Å². The highest BCUT2D eigenvalue weighted by Crippen LogP contribution is 2.41. The molecular formula is C17H17NO7S. The van der Waals surface area contributed by atoms with Gasteiger partial charge in [0, 0.05) is 11.6 Å². The zero-order valence-corrected chi connectivity index (χ0v) is 15.3. The number of esters is 1. The van der Waals surface area contributed by atoms with Crippen LogP contribution in [0.3, 0.4) is 0 Å². The van der Waals surface area contributed by atoms with Crippen molar-refractivity contribution < 1.29 is 33.3 Å². The lowest BCUT2D eigenvalue weighted by molar-refractivity contribution is -0.150. The number of fused-ring (bicyclic) bond motifs is 1. The number of hydrogen-bond acceptors (Lipinski definition) is 8. The zero-order valence-electron chi connectivity index (χ0n) is 14.4. The maximum atomic E-state index is 12.6. The Kier molecular flexibility index (Phi) is 5.08. The Morgan fingerprint density at radius 1 is 1.35 bits per heavy atom. The van der Waals surface area contributed by atoms with E-state index in [1.165, 1.54) is 20.1 Å². The Labute approximate surface area is 154 Å². The minimum absolute atomic E-state index is 0.107. The summed E-state index contributed by atoms with van der Waals surface area (Å²) in [6.07, 6.45) is 1.53. The summed E-state index contributed by atoms with van der Waals surface area (Å²) in [7, 11) is 1.49. The van der Waals surface area contributed by atoms with Gasteiger partial charge in [0.1, 0.15) is 11.8 Å². The fraction of sp³-hybridized carbons (Fsp3) is 0.353. The molecule has 9 heteroatoms. The zero-order chi connectivity index (χ0) is 18.8. The first-order chi connectivity index (χ1) is 12.5. The molecule has 138 valence electrons. The number of imide groups is 1. The summed E-state index contributed by atoms with van der Waals surface area (Å²) >= 11 is 0.756. The van der Waals surface area contributed by atoms with E-state index in [2.05, 4.69) is 0 Å². The molecule has 2 aliphatic rings. The first kappa shape index (κ1) is 18.1. The van der Waals surface area contributed by atoms with Crippen molar-refractivity contribution in [3.05, 3.63) is 22.6 Å². The minimum atomic E-state index is -0.994. The first-order valence-electron chi connectivity index (χ1n) is 7.87. The molecule has 1 unspecified atom stereocenters. The average molecular weight is 379 g/mol. The largest absolute Gasteiger partial charge is 0.496 e. The highest BCUT2D eigenvalue weighted by atomic mass is 32.2. The van der Waals surface area contributed by atoms with Crippen LogP contribution >= 0.6 is 11.8 Å². The molecule has 3 rings (SSSR count). The molecule has 1 fully saturated rings. The van der Waals surface area contributed by atoms with E-state index in [9.17, 15) is 14.4 Å². The summed E-state index contributed by atoms with van der Waals surface area (Å²) < 4.78 is 20.8. The van der Waals surface area contributed by atoms with Gasteiger partial charge in [-0.05, 0) is 37.8 Å². The van der Waals surface area contributed by atoms with Gasteiger partial charge in [0.05, 0.1) is 18.6 Å². The lowest BCUT2D eigenvalue weighted by Crippen LogP contribution is -2.42. The smallest absolute Gasteiger partial charge is 0.329 e. The van der Waals surface area contributed by atoms with Gasteiger partial charge in [-0.1, -0.05) is 0 Å². The lowest BCUT2D eigenvalue weighted by Gasteiger charge is -2.19. The summed E-state index contributed by atoms with van der Waals surface area (Å²) in [6.45, 7) is 3.39. The lowest BCUT2D eigenvalue weighted by atomic mass is 10.1. The normalized spacial score (nSPS) is 18.4. The van der Waals surface area contributed by atoms with Crippen molar-refractivity contribution in [3.63, 3.8) is 0 Å². The van der Waals surface area contributed by atoms with Crippen LogP contribution in [-0.4, -0.2) is 48.6 Å². The van der Waals surface area contributed by atoms with Crippen molar-refractivity contribution in [3.8, 4) is 17.2 Å². The maximum Gasteiger partial charge on any atom is 0.329 e. The van der Waals surface area contributed by atoms with Gasteiger partial charge in [-0.25, -0.2) is 4.79 Å². The van der Waals surface area contributed by atoms with Crippen molar-refractivity contribution in [1.29, 1.82) is 0 Å². The molecule has 1 saturated heterocycles. The van der Waals surface area contributed by atoms with Crippen LogP contribution in [0.1, 0.15) is 19.4 Å². The van der Waals surface area contributed by atoms with Crippen LogP contribution in [-0.2, 0) is 14.3 Å². The number of carbonyl (C=O) groups excluding carboxylic acids is 3. The summed E-state index contributed by atoms with van der Waals surface area (Å²) in [6, 6.07) is 2.33. The maximum absolute atomic E-state index is 12.6. The van der Waals surface area contributed by atoms with Gasteiger partial charge in [0.2, 0.25) is 6.79 Å². The molecule has 1 aromatic carbocycles. The molecule has 0 bridgehead atoms. The number of carbonyl (C=O) groups is 3. The number of hydrogen-bond donors (Lipinski definition) is 0. The van der Waals surface area contributed by atoms with E-state index in [0.29, 0.717) is 22.8 Å². The second kappa shape index (κ2) is 7.28. The predicted molar refractivity (Wildman–Crippen MR) is 93.0 cm³/mol. The number of methoxy groups -OCH3 is 1. The Morgan fingerprint density at radius 3 is 2.69 bits per heavy atom. The van der Waals surface area contributed by atoms with Crippen LogP contribution in [0.5, 0.6) is 17.2 Å². The van der Waals surface area contributed by atoms with Crippen molar-refractivity contribution in [2.45, 2.75) is 19.9 Å². The SMILES string of the molecule is CCOC(=O)C(C)N1C(=O)S/C(=C/c2cc3c(cc2OC)OCO3)C1=O. The third-order valence-electron chi connectivity index (χ3n) is 3.85. The number of ether oxygens (including phenoxy) is 4. The van der Waals surface area contributed by atoms with E-state index in [4.69, 9.17) is 18.9 Å². The molecule has 0 aliphatic carbocycles. The van der Waals surface area contributed by atoms with Crippen molar-refractivity contribution in [2.75, 3.05) is 20.5 Å². The second-order valence-corrected chi connectivity index (χ2v) is 6.42. The van der Waals surface area contributed by atoms with Crippen LogP contribution in [0.25, 0.3) is 6.08 Å². The number of amides is 2. The van der Waals surface area contributed by atoms with Crippen LogP contribution in [0, 0.1) is 0 Å². The van der Waals surface area contributed by atoms with Gasteiger partial charge in [-0.2, -0.15) is 0 Å². The van der Waals surface area contributed by atoms with Crippen LogP contribution in [0.4, 0.5) is 4.79 Å². The predicted octanol–water partition coefficient (Wildman–Crippen LogP) is 2.41. The molecule has 0 spiro atoms. The van der Waals surface area contributed by atoms with Crippen molar-refractivity contribution in [2.24, 2.45) is 0 Å². The van der Waals surface area contributed by atoms with Crippen LogP contribution < -0.4 is 14.2 Å². The molecule has 1 atom stereocenters. The standard InChI is InChI=1S/C17H17NO7S/c1-4-23-16(20)9(2)18-15(19)14(26-17(18)21)6-10-5-12-13(25-8-24-12)7-11(10)22-3/h5-7,9H,4,8H2,1-3H3/b14-6+. The Bertz CT molecular complexity index is 805. The molecule has 2 amide bonds. The number of thioether (sulfide) groups is 1. The third-order valence-corrected chi connectivity index (χ3v) is 4.73. The quantitative estimate of drug-likeness (QED) is 0.569. The van der Waals surface area contributed by atoms with Crippen molar-refractivity contribution >= 4 is 35.0 Å². The minimum Gasteiger partial charge on any atom is -0.496 e. The molecule has 1 aromatic rings. The van der Waals surface area contributed by atoms with Gasteiger partial charge >= 0.3 is 5.97 Å². The van der Waals surface area contributed by atoms with Gasteiger partial charge < -0.3 is 18.9 Å². The van der Waals surface area contributed by atoms with E-state index in [1.807, 2.05) is 0 Å². The van der Waals surface area contributed by atoms with E-state index >= 15 is 0 Å². The summed E-state index contributed by atoms with van der Waals surface area (Å²) in [5.41, 5.74) is 0.561. The topological polar surface area (TPSA) is 91.4 Å². The van der Waals surface area contributed by atoms with Crippen LogP contribution in [0.2, 0.25) is 0 Å². The molecule has 26 heavy (non-hydrogen) atoms. The Hall–Kier alpha value is -2.68. The fourth-order valence-electron chi connectivity index (χ4n) is 2.55.